The molecule has 2 aliphatic heterocycles. The van der Waals surface area contributed by atoms with Gasteiger partial charge in [-0.3, -0.25) is 4.90 Å². The highest BCUT2D eigenvalue weighted by Crippen LogP contribution is 2.43. The number of ether oxygens (including phenoxy) is 2. The fraction of sp³-hybridized carbons (Fsp3) is 0.405. The van der Waals surface area contributed by atoms with Crippen molar-refractivity contribution in [3.63, 3.8) is 0 Å². The zero-order valence-electron chi connectivity index (χ0n) is 27.7. The number of carbonyl (C=O) groups is 1. The lowest BCUT2D eigenvalue weighted by Crippen LogP contribution is -2.57. The van der Waals surface area contributed by atoms with Crippen molar-refractivity contribution >= 4 is 56.2 Å². The number of likely N-dealkylation sites (tertiary alicyclic amines) is 1. The normalized spacial score (nSPS) is 18.9. The summed E-state index contributed by atoms with van der Waals surface area (Å²) in [6, 6.07) is 16.3. The van der Waals surface area contributed by atoms with E-state index in [9.17, 15) is 4.79 Å². The zero-order chi connectivity index (χ0) is 33.6. The number of aromatic nitrogens is 2. The Balaban J connectivity index is 1.36. The third kappa shape index (κ3) is 6.09. The highest BCUT2D eigenvalue weighted by atomic mass is 35.5. The van der Waals surface area contributed by atoms with Crippen molar-refractivity contribution in [2.45, 2.75) is 51.3 Å². The van der Waals surface area contributed by atoms with E-state index in [0.717, 1.165) is 52.1 Å². The van der Waals surface area contributed by atoms with Gasteiger partial charge in [0.25, 0.3) is 0 Å². The van der Waals surface area contributed by atoms with Crippen LogP contribution in [0, 0.1) is 6.57 Å². The van der Waals surface area contributed by atoms with E-state index in [1.54, 1.807) is 11.2 Å². The molecule has 7 rings (SSSR count). The van der Waals surface area contributed by atoms with Gasteiger partial charge in [-0.25, -0.2) is 11.4 Å². The second-order valence-corrected chi connectivity index (χ2v) is 14.1. The molecule has 0 spiro atoms. The summed E-state index contributed by atoms with van der Waals surface area (Å²) in [5, 5.41) is 4.33. The topological polar surface area (TPSA) is 88.5 Å². The van der Waals surface area contributed by atoms with Gasteiger partial charge < -0.3 is 28.5 Å². The largest absolute Gasteiger partial charge is 0.463 e. The summed E-state index contributed by atoms with van der Waals surface area (Å²) in [6.45, 7) is 16.1. The number of halogens is 1. The van der Waals surface area contributed by atoms with Gasteiger partial charge in [0.15, 0.2) is 0 Å². The number of rotatable bonds is 6. The van der Waals surface area contributed by atoms with Crippen molar-refractivity contribution in [2.24, 2.45) is 0 Å². The average Bonchev–Trinajstić information content (AvgIpc) is 3.71. The Bertz CT molecular complexity index is 2040. The van der Waals surface area contributed by atoms with Crippen molar-refractivity contribution in [2.75, 3.05) is 51.3 Å². The van der Waals surface area contributed by atoms with Gasteiger partial charge in [0.05, 0.1) is 17.2 Å². The van der Waals surface area contributed by atoms with Crippen LogP contribution in [0.3, 0.4) is 0 Å². The minimum Gasteiger partial charge on any atom is -0.463 e. The van der Waals surface area contributed by atoms with Crippen molar-refractivity contribution in [3.8, 4) is 17.1 Å². The fourth-order valence-electron chi connectivity index (χ4n) is 6.96. The van der Waals surface area contributed by atoms with Gasteiger partial charge in [-0.1, -0.05) is 41.9 Å². The van der Waals surface area contributed by atoms with E-state index >= 15 is 0 Å². The number of furan rings is 1. The third-order valence-electron chi connectivity index (χ3n) is 9.29. The van der Waals surface area contributed by atoms with Gasteiger partial charge in [0.1, 0.15) is 29.7 Å². The van der Waals surface area contributed by atoms with Crippen LogP contribution in [0.5, 0.6) is 6.01 Å². The van der Waals surface area contributed by atoms with Gasteiger partial charge >= 0.3 is 12.1 Å². The molecule has 2 atom stereocenters. The molecule has 0 radical (unpaired) electrons. The first-order valence-electron chi connectivity index (χ1n) is 16.4. The molecule has 2 fully saturated rings. The molecule has 0 unspecified atom stereocenters. The number of anilines is 1. The van der Waals surface area contributed by atoms with Crippen LogP contribution in [0.2, 0.25) is 5.02 Å². The number of hydrogen-bond donors (Lipinski definition) is 0. The lowest BCUT2D eigenvalue weighted by molar-refractivity contribution is 0.0155. The molecule has 2 saturated heterocycles. The summed E-state index contributed by atoms with van der Waals surface area (Å²) in [7, 11) is 2.12. The number of hydrogen-bond acceptors (Lipinski definition) is 8. The Morgan fingerprint density at radius 3 is 2.62 bits per heavy atom. The Kier molecular flexibility index (Phi) is 8.52. The molecule has 0 saturated carbocycles. The Labute approximate surface area is 285 Å². The molecular formula is C37H39ClN6O4. The first-order valence-corrected chi connectivity index (χ1v) is 16.8. The number of likely N-dealkylation sites (N-methyl/N-ethyl adjacent to an activating group) is 1. The van der Waals surface area contributed by atoms with Crippen molar-refractivity contribution < 1.29 is 18.7 Å². The van der Waals surface area contributed by atoms with Crippen LogP contribution < -0.4 is 9.64 Å². The first-order chi connectivity index (χ1) is 23.1. The van der Waals surface area contributed by atoms with Crippen LogP contribution in [0.25, 0.3) is 48.6 Å². The maximum Gasteiger partial charge on any atom is 0.410 e. The van der Waals surface area contributed by atoms with Crippen LogP contribution >= 0.6 is 11.6 Å². The number of amides is 1. The van der Waals surface area contributed by atoms with E-state index in [0.29, 0.717) is 48.2 Å². The molecule has 5 aromatic rings. The van der Waals surface area contributed by atoms with Gasteiger partial charge in [0, 0.05) is 41.5 Å². The highest BCUT2D eigenvalue weighted by molar-refractivity contribution is 6.37. The van der Waals surface area contributed by atoms with Crippen LogP contribution in [-0.4, -0.2) is 89.9 Å². The van der Waals surface area contributed by atoms with Gasteiger partial charge in [-0.2, -0.15) is 9.97 Å². The first kappa shape index (κ1) is 32.0. The number of carbonyl (C=O) groups excluding carboxylic acids is 1. The minimum absolute atomic E-state index is 0.137. The Morgan fingerprint density at radius 2 is 1.88 bits per heavy atom. The Morgan fingerprint density at radius 1 is 1.06 bits per heavy atom. The zero-order valence-corrected chi connectivity index (χ0v) is 28.5. The fourth-order valence-corrected chi connectivity index (χ4v) is 7.25. The smallest absolute Gasteiger partial charge is 0.410 e. The maximum absolute atomic E-state index is 13.2. The van der Waals surface area contributed by atoms with E-state index in [-0.39, 0.29) is 18.6 Å². The molecule has 10 nitrogen and oxygen atoms in total. The lowest BCUT2D eigenvalue weighted by atomic mass is 9.94. The van der Waals surface area contributed by atoms with Crippen molar-refractivity contribution in [1.29, 1.82) is 0 Å². The van der Waals surface area contributed by atoms with Crippen LogP contribution in [0.4, 0.5) is 10.6 Å². The number of piperazine rings is 1. The predicted molar refractivity (Wildman–Crippen MR) is 189 cm³/mol. The number of benzene rings is 3. The van der Waals surface area contributed by atoms with Crippen LogP contribution in [0.1, 0.15) is 33.6 Å². The standard InChI is InChI=1S/C37H39ClN6O4/c1-37(2,3)48-36(45)44-17-16-43(21-25(44)20-39-4)34-32-30(40-35(41-34)47-22-24-11-8-15-42(24)5)19-28(27-14-18-46-33(27)32)26-12-6-9-23-10-7-13-29(38)31(23)26/h6-7,9-10,12-14,18-19,24-25H,8,11,15-17,20-22H2,1-3,5H3/t24-,25-/m0/s1. The summed E-state index contributed by atoms with van der Waals surface area (Å²) in [5.74, 6) is 0.649. The van der Waals surface area contributed by atoms with Crippen LogP contribution in [-0.2, 0) is 4.74 Å². The quantitative estimate of drug-likeness (QED) is 0.171. The van der Waals surface area contributed by atoms with Crippen molar-refractivity contribution in [3.05, 3.63) is 71.2 Å². The summed E-state index contributed by atoms with van der Waals surface area (Å²) in [6.07, 6.45) is 3.46. The molecule has 0 N–H and O–H groups in total. The third-order valence-corrected chi connectivity index (χ3v) is 9.61. The van der Waals surface area contributed by atoms with E-state index in [1.165, 1.54) is 0 Å². The minimum atomic E-state index is -0.643. The molecule has 3 aromatic carbocycles. The summed E-state index contributed by atoms with van der Waals surface area (Å²) in [5.41, 5.74) is 2.60. The second kappa shape index (κ2) is 12.8. The predicted octanol–water partition coefficient (Wildman–Crippen LogP) is 7.67. The lowest BCUT2D eigenvalue weighted by Gasteiger charge is -2.40. The van der Waals surface area contributed by atoms with E-state index in [4.69, 9.17) is 42.0 Å². The van der Waals surface area contributed by atoms with E-state index in [2.05, 4.69) is 46.0 Å². The van der Waals surface area contributed by atoms with Gasteiger partial charge in [0.2, 0.25) is 6.54 Å². The SMILES string of the molecule is [C-]#[N+]C[C@H]1CN(c2nc(OC[C@@H]3CCCN3C)nc3cc(-c4cccc5cccc(Cl)c45)c4ccoc4c23)CCN1C(=O)OC(C)(C)C. The molecule has 2 aromatic heterocycles. The molecule has 1 amide bonds. The molecule has 4 heterocycles. The second-order valence-electron chi connectivity index (χ2n) is 13.7. The molecular weight excluding hydrogens is 628 g/mol. The number of nitrogens with zero attached hydrogens (tertiary/aromatic N) is 6. The molecule has 248 valence electrons. The molecule has 0 bridgehead atoms. The van der Waals surface area contributed by atoms with Gasteiger partial charge in [-0.05, 0) is 81.9 Å². The highest BCUT2D eigenvalue weighted by Gasteiger charge is 2.37. The summed E-state index contributed by atoms with van der Waals surface area (Å²) < 4.78 is 18.3. The van der Waals surface area contributed by atoms with E-state index in [1.807, 2.05) is 45.0 Å². The number of fused-ring (bicyclic) bond motifs is 4. The summed E-state index contributed by atoms with van der Waals surface area (Å²) in [4.78, 5) is 32.9. The molecule has 48 heavy (non-hydrogen) atoms. The van der Waals surface area contributed by atoms with Gasteiger partial charge in [-0.15, -0.1) is 0 Å². The Hall–Kier alpha value is -4.59. The summed E-state index contributed by atoms with van der Waals surface area (Å²) >= 11 is 6.79. The van der Waals surface area contributed by atoms with E-state index < -0.39 is 17.7 Å². The maximum atomic E-state index is 13.2. The average molecular weight is 667 g/mol. The molecule has 11 heteroatoms. The molecule has 2 aliphatic rings. The molecule has 0 aliphatic carbocycles. The monoisotopic (exact) mass is 666 g/mol. The van der Waals surface area contributed by atoms with Crippen molar-refractivity contribution in [1.82, 2.24) is 19.8 Å². The van der Waals surface area contributed by atoms with Crippen LogP contribution in [0.15, 0.2) is 59.2 Å².